The third-order valence-electron chi connectivity index (χ3n) is 17.3. The molecule has 7 fully saturated rings. The molecule has 8 aliphatic rings. The van der Waals surface area contributed by atoms with Crippen LogP contribution in [0.5, 0.6) is 0 Å². The Morgan fingerprint density at radius 3 is 1.57 bits per heavy atom. The lowest BCUT2D eigenvalue weighted by Crippen LogP contribution is -2.62. The van der Waals surface area contributed by atoms with Gasteiger partial charge >= 0.3 is 35.8 Å². The maximum Gasteiger partial charge on any atom is 0.331 e. The number of carbonyl (C=O) groups excluding carboxylic acids is 6. The highest BCUT2D eigenvalue weighted by molar-refractivity contribution is 5.85. The molecule has 392 valence electrons. The van der Waals surface area contributed by atoms with E-state index >= 15 is 0 Å². The molecule has 4 aliphatic carbocycles. The predicted octanol–water partition coefficient (Wildman–Crippen LogP) is 5.07. The van der Waals surface area contributed by atoms with Crippen LogP contribution in [-0.4, -0.2) is 139 Å². The van der Waals surface area contributed by atoms with Gasteiger partial charge in [0.1, 0.15) is 43.2 Å². The van der Waals surface area contributed by atoms with E-state index in [1.165, 1.54) is 40.7 Å². The van der Waals surface area contributed by atoms with E-state index < -0.39 is 127 Å². The molecule has 4 heterocycles. The highest BCUT2D eigenvalue weighted by Gasteiger charge is 2.71. The van der Waals surface area contributed by atoms with Crippen LogP contribution in [0.1, 0.15) is 140 Å². The summed E-state index contributed by atoms with van der Waals surface area (Å²) in [5, 5.41) is 13.0. The van der Waals surface area contributed by atoms with Gasteiger partial charge < -0.3 is 61.9 Å². The molecule has 21 atom stereocenters. The van der Waals surface area contributed by atoms with E-state index in [1.54, 1.807) is 13.8 Å². The average Bonchev–Trinajstić information content (AvgIpc) is 3.77. The van der Waals surface area contributed by atoms with Gasteiger partial charge in [-0.3, -0.25) is 24.0 Å². The molecule has 19 heteroatoms. The molecule has 0 aromatic rings. The van der Waals surface area contributed by atoms with E-state index in [4.69, 9.17) is 56.8 Å². The van der Waals surface area contributed by atoms with Crippen LogP contribution in [0.2, 0.25) is 0 Å². The van der Waals surface area contributed by atoms with Crippen molar-refractivity contribution in [2.75, 3.05) is 6.61 Å². The van der Waals surface area contributed by atoms with Crippen LogP contribution >= 0.6 is 0 Å². The Balaban J connectivity index is 0.893. The quantitative estimate of drug-likeness (QED) is 0.153. The van der Waals surface area contributed by atoms with E-state index in [2.05, 4.69) is 13.8 Å². The van der Waals surface area contributed by atoms with Crippen molar-refractivity contribution in [3.63, 3.8) is 0 Å². The number of fused-ring (bicyclic) bond motifs is 5. The first-order chi connectivity index (χ1) is 33.0. The minimum absolute atomic E-state index is 0.00588. The van der Waals surface area contributed by atoms with Crippen LogP contribution < -0.4 is 0 Å². The second-order valence-electron chi connectivity index (χ2n) is 21.8. The van der Waals surface area contributed by atoms with E-state index in [9.17, 15) is 33.9 Å². The van der Waals surface area contributed by atoms with E-state index in [-0.39, 0.29) is 55.1 Å². The number of hydrogen-bond donors (Lipinski definition) is 1. The summed E-state index contributed by atoms with van der Waals surface area (Å²) in [6.07, 6.45) is -2.20. The number of cyclic esters (lactones) is 1. The van der Waals surface area contributed by atoms with Gasteiger partial charge in [-0.25, -0.2) is 4.79 Å². The molecule has 1 N–H and O–H groups in total. The summed E-state index contributed by atoms with van der Waals surface area (Å²) < 4.78 is 72.5. The Hall–Kier alpha value is -3.72. The Kier molecular flexibility index (Phi) is 15.5. The van der Waals surface area contributed by atoms with Gasteiger partial charge in [0, 0.05) is 77.7 Å². The number of hydrogen-bond acceptors (Lipinski definition) is 19. The van der Waals surface area contributed by atoms with E-state index in [1.807, 2.05) is 6.92 Å². The first-order valence-corrected chi connectivity index (χ1v) is 25.4. The number of ether oxygens (including phenoxy) is 12. The van der Waals surface area contributed by atoms with Crippen LogP contribution in [0.3, 0.4) is 0 Å². The predicted molar refractivity (Wildman–Crippen MR) is 240 cm³/mol. The number of aliphatic hydroxyl groups is 1. The topological polar surface area (TPSA) is 233 Å². The minimum atomic E-state index is -1.10. The fourth-order valence-corrected chi connectivity index (χ4v) is 14.4. The maximum absolute atomic E-state index is 13.0. The Morgan fingerprint density at radius 2 is 1.07 bits per heavy atom. The van der Waals surface area contributed by atoms with Crippen molar-refractivity contribution in [1.82, 2.24) is 0 Å². The first-order valence-electron chi connectivity index (χ1n) is 25.4. The van der Waals surface area contributed by atoms with Gasteiger partial charge in [0.2, 0.25) is 0 Å². The molecule has 0 spiro atoms. The summed E-state index contributed by atoms with van der Waals surface area (Å²) >= 11 is 0. The van der Waals surface area contributed by atoms with Gasteiger partial charge in [-0.15, -0.1) is 0 Å². The lowest BCUT2D eigenvalue weighted by molar-refractivity contribution is -0.337. The summed E-state index contributed by atoms with van der Waals surface area (Å²) in [5.74, 6) is -2.71. The zero-order valence-electron chi connectivity index (χ0n) is 42.3. The normalized spacial score (nSPS) is 45.6. The average molecular weight is 991 g/mol. The lowest BCUT2D eigenvalue weighted by atomic mass is 9.43. The monoisotopic (exact) mass is 990 g/mol. The van der Waals surface area contributed by atoms with Crippen LogP contribution in [-0.2, 0) is 85.6 Å². The molecule has 70 heavy (non-hydrogen) atoms. The number of esters is 6. The van der Waals surface area contributed by atoms with Crippen molar-refractivity contribution in [3.8, 4) is 0 Å². The molecule has 0 aromatic carbocycles. The molecule has 0 bridgehead atoms. The zero-order chi connectivity index (χ0) is 50.6. The van der Waals surface area contributed by atoms with Crippen molar-refractivity contribution >= 4 is 35.8 Å². The number of rotatable bonds is 12. The number of carbonyl (C=O) groups is 6. The molecule has 19 nitrogen and oxygen atoms in total. The summed E-state index contributed by atoms with van der Waals surface area (Å²) in [5.41, 5.74) is -0.965. The molecular weight excluding hydrogens is 917 g/mol. The summed E-state index contributed by atoms with van der Waals surface area (Å²) in [6, 6.07) is 0. The van der Waals surface area contributed by atoms with Crippen LogP contribution in [0.25, 0.3) is 0 Å². The van der Waals surface area contributed by atoms with Crippen molar-refractivity contribution in [3.05, 3.63) is 11.6 Å². The molecular formula is C51H74O19. The third kappa shape index (κ3) is 10.5. The highest BCUT2D eigenvalue weighted by atomic mass is 16.8. The second-order valence-corrected chi connectivity index (χ2v) is 21.8. The van der Waals surface area contributed by atoms with Crippen molar-refractivity contribution in [2.45, 2.75) is 231 Å². The second kappa shape index (κ2) is 20.7. The van der Waals surface area contributed by atoms with Gasteiger partial charge in [-0.1, -0.05) is 13.8 Å². The van der Waals surface area contributed by atoms with Crippen molar-refractivity contribution in [1.29, 1.82) is 0 Å². The lowest BCUT2D eigenvalue weighted by Gasteiger charge is -2.63. The minimum Gasteiger partial charge on any atom is -0.462 e. The fraction of sp³-hybridized carbons (Fsp3) is 0.843. The smallest absolute Gasteiger partial charge is 0.331 e. The van der Waals surface area contributed by atoms with E-state index in [0.29, 0.717) is 12.3 Å². The van der Waals surface area contributed by atoms with Gasteiger partial charge in [0.25, 0.3) is 0 Å². The third-order valence-corrected chi connectivity index (χ3v) is 17.3. The van der Waals surface area contributed by atoms with Gasteiger partial charge in [-0.05, 0) is 94.5 Å². The Bertz CT molecular complexity index is 2030. The van der Waals surface area contributed by atoms with Gasteiger partial charge in [0.05, 0.1) is 30.0 Å². The van der Waals surface area contributed by atoms with Crippen molar-refractivity contribution in [2.24, 2.45) is 34.5 Å². The van der Waals surface area contributed by atoms with Crippen LogP contribution in [0, 0.1) is 34.5 Å². The Morgan fingerprint density at radius 1 is 0.586 bits per heavy atom. The molecule has 3 unspecified atom stereocenters. The molecule has 8 rings (SSSR count). The summed E-state index contributed by atoms with van der Waals surface area (Å²) in [4.78, 5) is 73.5. The summed E-state index contributed by atoms with van der Waals surface area (Å²) in [6.45, 7) is 16.4. The van der Waals surface area contributed by atoms with Crippen molar-refractivity contribution < 1.29 is 90.7 Å². The molecule has 0 radical (unpaired) electrons. The molecule has 0 aromatic heterocycles. The van der Waals surface area contributed by atoms with Crippen LogP contribution in [0.4, 0.5) is 0 Å². The molecule has 0 amide bonds. The van der Waals surface area contributed by atoms with Crippen LogP contribution in [0.15, 0.2) is 11.6 Å². The highest BCUT2D eigenvalue weighted by Crippen LogP contribution is 2.70. The molecule has 4 saturated carbocycles. The molecule has 4 aliphatic heterocycles. The maximum atomic E-state index is 13.0. The zero-order valence-corrected chi connectivity index (χ0v) is 42.3. The Labute approximate surface area is 409 Å². The standard InChI is InChI=1S/C51H74O19/c1-24-46(67-31(8)56)37(63-27(4)52)20-43(61-24)69-48-26(3)62-44(21-39(48)65-29(6)54)70-47-25(2)60-42(19-38(47)64-28(5)53)68-34-13-15-49(9)33(18-34)11-12-36-35(49)14-16-50(10)45(32-17-41(57)59-23-32)40(66-30(7)55)22-51(36,50)58/h17,24-26,33-40,42-48,58H,11-16,18-23H2,1-10H3/t24-,25-,26-,33-,34+,35?,36?,37+,38+,39?,40+,42+,43+,44+,45+,46-,47-,48-,49+,50-,51+/m1/s1. The van der Waals surface area contributed by atoms with Gasteiger partial charge in [0.15, 0.2) is 25.0 Å². The fourth-order valence-electron chi connectivity index (χ4n) is 14.4. The molecule has 3 saturated heterocycles. The largest absolute Gasteiger partial charge is 0.462 e. The SMILES string of the molecule is CC(=O)OC1C[C@H](O[C@H]2[C@@H](OC(C)=O)C[C@H](O[C@H]3CC[C@]4(C)C5CC[C@]6(C)[C@@H](C7=CC(=O)OC7)[C@@H](OC(C)=O)C[C@]6(O)C5CC[C@@H]4C3)O[C@@H]2C)O[C@H](C)[C@H]1O[C@H]1C[C@H](OC(C)=O)[C@H](OC(C)=O)[C@@H](C)O1. The van der Waals surface area contributed by atoms with Gasteiger partial charge in [-0.2, -0.15) is 0 Å². The summed E-state index contributed by atoms with van der Waals surface area (Å²) in [7, 11) is 0. The first kappa shape index (κ1) is 52.6. The van der Waals surface area contributed by atoms with E-state index in [0.717, 1.165) is 50.5 Å².